The fourth-order valence-corrected chi connectivity index (χ4v) is 3.34. The van der Waals surface area contributed by atoms with Crippen LogP contribution in [0.25, 0.3) is 11.0 Å². The summed E-state index contributed by atoms with van der Waals surface area (Å²) in [6.45, 7) is 1.68. The van der Waals surface area contributed by atoms with E-state index in [0.29, 0.717) is 29.7 Å². The van der Waals surface area contributed by atoms with E-state index in [1.54, 1.807) is 13.0 Å². The number of amides is 1. The van der Waals surface area contributed by atoms with Gasteiger partial charge in [0.1, 0.15) is 11.3 Å². The normalized spacial score (nSPS) is 19.1. The van der Waals surface area contributed by atoms with Gasteiger partial charge in [0.05, 0.1) is 6.04 Å². The SMILES string of the molecule is CC1c2c(oc3ccc(Br)cc23)CCCN1C(=O)C(F)(F)F. The van der Waals surface area contributed by atoms with Crippen molar-refractivity contribution in [2.45, 2.75) is 32.0 Å². The Morgan fingerprint density at radius 3 is 2.82 bits per heavy atom. The molecule has 1 aromatic heterocycles. The summed E-state index contributed by atoms with van der Waals surface area (Å²) in [6.07, 6.45) is -3.90. The quantitative estimate of drug-likeness (QED) is 0.674. The molecule has 0 saturated heterocycles. The Kier molecular flexibility index (Phi) is 3.71. The lowest BCUT2D eigenvalue weighted by Crippen LogP contribution is -2.42. The number of hydrogen-bond donors (Lipinski definition) is 0. The molecular weight excluding hydrogens is 363 g/mol. The second kappa shape index (κ2) is 5.30. The number of carbonyl (C=O) groups excluding carboxylic acids is 1. The Labute approximate surface area is 133 Å². The molecule has 2 aromatic rings. The van der Waals surface area contributed by atoms with Gasteiger partial charge in [-0.2, -0.15) is 13.2 Å². The molecule has 2 heterocycles. The molecule has 0 N–H and O–H groups in total. The molecule has 1 unspecified atom stereocenters. The maximum atomic E-state index is 12.8. The van der Waals surface area contributed by atoms with E-state index in [1.165, 1.54) is 0 Å². The summed E-state index contributed by atoms with van der Waals surface area (Å²) in [7, 11) is 0. The highest BCUT2D eigenvalue weighted by molar-refractivity contribution is 9.10. The first kappa shape index (κ1) is 15.4. The van der Waals surface area contributed by atoms with E-state index in [9.17, 15) is 18.0 Å². The zero-order valence-corrected chi connectivity index (χ0v) is 13.3. The third-order valence-electron chi connectivity index (χ3n) is 3.96. The van der Waals surface area contributed by atoms with Gasteiger partial charge in [-0.05, 0) is 31.5 Å². The summed E-state index contributed by atoms with van der Waals surface area (Å²) in [5.41, 5.74) is 1.30. The highest BCUT2D eigenvalue weighted by Gasteiger charge is 2.45. The zero-order chi connectivity index (χ0) is 16.1. The van der Waals surface area contributed by atoms with Crippen molar-refractivity contribution in [3.05, 3.63) is 34.0 Å². The summed E-state index contributed by atoms with van der Waals surface area (Å²) >= 11 is 3.36. The lowest BCUT2D eigenvalue weighted by atomic mass is 10.0. The van der Waals surface area contributed by atoms with Gasteiger partial charge in [0.2, 0.25) is 0 Å². The van der Waals surface area contributed by atoms with Crippen LogP contribution in [0.3, 0.4) is 0 Å². The number of benzene rings is 1. The van der Waals surface area contributed by atoms with Crippen LogP contribution in [-0.4, -0.2) is 23.5 Å². The lowest BCUT2D eigenvalue weighted by molar-refractivity contribution is -0.187. The third kappa shape index (κ3) is 2.51. The van der Waals surface area contributed by atoms with Crippen LogP contribution in [0.5, 0.6) is 0 Å². The number of aryl methyl sites for hydroxylation is 1. The predicted molar refractivity (Wildman–Crippen MR) is 78.4 cm³/mol. The average molecular weight is 376 g/mol. The number of halogens is 4. The molecule has 1 aromatic carbocycles. The van der Waals surface area contributed by atoms with Crippen LogP contribution in [-0.2, 0) is 11.2 Å². The summed E-state index contributed by atoms with van der Waals surface area (Å²) in [5.74, 6) is -1.13. The van der Waals surface area contributed by atoms with Crippen molar-refractivity contribution in [3.63, 3.8) is 0 Å². The van der Waals surface area contributed by atoms with Crippen LogP contribution in [0.15, 0.2) is 27.1 Å². The number of rotatable bonds is 0. The third-order valence-corrected chi connectivity index (χ3v) is 4.45. The standard InChI is InChI=1S/C15H13BrF3NO2/c1-8-13-10-7-9(16)4-5-11(10)22-12(13)3-2-6-20(8)14(21)15(17,18)19/h4-5,7-8H,2-3,6H2,1H3. The molecule has 3 rings (SSSR count). The van der Waals surface area contributed by atoms with Gasteiger partial charge in [-0.1, -0.05) is 15.9 Å². The van der Waals surface area contributed by atoms with E-state index in [1.807, 2.05) is 12.1 Å². The second-order valence-corrected chi connectivity index (χ2v) is 6.27. The molecule has 0 bridgehead atoms. The summed E-state index contributed by atoms with van der Waals surface area (Å²) in [4.78, 5) is 12.6. The number of nitrogens with zero attached hydrogens (tertiary/aromatic N) is 1. The van der Waals surface area contributed by atoms with Crippen LogP contribution in [0.1, 0.15) is 30.7 Å². The van der Waals surface area contributed by atoms with Crippen molar-refractivity contribution in [1.82, 2.24) is 4.90 Å². The van der Waals surface area contributed by atoms with Crippen molar-refractivity contribution in [2.75, 3.05) is 6.54 Å². The van der Waals surface area contributed by atoms with Crippen molar-refractivity contribution in [1.29, 1.82) is 0 Å². The largest absolute Gasteiger partial charge is 0.471 e. The molecule has 22 heavy (non-hydrogen) atoms. The molecule has 118 valence electrons. The van der Waals surface area contributed by atoms with E-state index >= 15 is 0 Å². The Hall–Kier alpha value is -1.50. The first-order valence-corrected chi connectivity index (χ1v) is 7.67. The van der Waals surface area contributed by atoms with Crippen LogP contribution in [0.4, 0.5) is 13.2 Å². The topological polar surface area (TPSA) is 33.5 Å². The molecule has 1 amide bonds. The van der Waals surface area contributed by atoms with Gasteiger partial charge in [-0.25, -0.2) is 0 Å². The summed E-state index contributed by atoms with van der Waals surface area (Å²) in [6, 6.07) is 4.73. The molecule has 1 aliphatic heterocycles. The van der Waals surface area contributed by atoms with Gasteiger partial charge < -0.3 is 9.32 Å². The molecule has 7 heteroatoms. The van der Waals surface area contributed by atoms with Crippen LogP contribution < -0.4 is 0 Å². The van der Waals surface area contributed by atoms with Crippen molar-refractivity contribution >= 4 is 32.8 Å². The van der Waals surface area contributed by atoms with Crippen LogP contribution in [0.2, 0.25) is 0 Å². The zero-order valence-electron chi connectivity index (χ0n) is 11.7. The van der Waals surface area contributed by atoms with Crippen LogP contribution >= 0.6 is 15.9 Å². The summed E-state index contributed by atoms with van der Waals surface area (Å²) < 4.78 is 45.0. The smallest absolute Gasteiger partial charge is 0.461 e. The van der Waals surface area contributed by atoms with Gasteiger partial charge in [-0.15, -0.1) is 0 Å². The molecule has 0 spiro atoms. The average Bonchev–Trinajstić information content (AvgIpc) is 2.70. The predicted octanol–water partition coefficient (Wildman–Crippen LogP) is 4.59. The Morgan fingerprint density at radius 2 is 2.14 bits per heavy atom. The lowest BCUT2D eigenvalue weighted by Gasteiger charge is -2.28. The highest BCUT2D eigenvalue weighted by atomic mass is 79.9. The molecule has 0 radical (unpaired) electrons. The van der Waals surface area contributed by atoms with Gasteiger partial charge >= 0.3 is 12.1 Å². The molecule has 0 fully saturated rings. The molecule has 1 aliphatic rings. The fraction of sp³-hybridized carbons (Fsp3) is 0.400. The monoisotopic (exact) mass is 375 g/mol. The first-order chi connectivity index (χ1) is 10.3. The molecule has 0 saturated carbocycles. The van der Waals surface area contributed by atoms with E-state index in [2.05, 4.69) is 15.9 Å². The minimum absolute atomic E-state index is 0.0687. The first-order valence-electron chi connectivity index (χ1n) is 6.87. The molecule has 0 aliphatic carbocycles. The molecule has 3 nitrogen and oxygen atoms in total. The highest BCUT2D eigenvalue weighted by Crippen LogP contribution is 2.39. The van der Waals surface area contributed by atoms with Crippen molar-refractivity contribution < 1.29 is 22.4 Å². The Balaban J connectivity index is 2.11. The maximum absolute atomic E-state index is 12.8. The van der Waals surface area contributed by atoms with Crippen LogP contribution in [0, 0.1) is 0 Å². The number of carbonyl (C=O) groups is 1. The van der Waals surface area contributed by atoms with E-state index in [4.69, 9.17) is 4.42 Å². The fourth-order valence-electron chi connectivity index (χ4n) is 2.98. The van der Waals surface area contributed by atoms with E-state index in [-0.39, 0.29) is 6.54 Å². The number of fused-ring (bicyclic) bond motifs is 3. The van der Waals surface area contributed by atoms with Crippen molar-refractivity contribution in [3.8, 4) is 0 Å². The second-order valence-electron chi connectivity index (χ2n) is 5.36. The Bertz CT molecular complexity index is 738. The minimum Gasteiger partial charge on any atom is -0.461 e. The molecular formula is C15H13BrF3NO2. The van der Waals surface area contributed by atoms with E-state index in [0.717, 1.165) is 14.8 Å². The number of furan rings is 1. The maximum Gasteiger partial charge on any atom is 0.471 e. The molecule has 1 atom stereocenters. The number of hydrogen-bond acceptors (Lipinski definition) is 2. The van der Waals surface area contributed by atoms with Crippen molar-refractivity contribution in [2.24, 2.45) is 0 Å². The van der Waals surface area contributed by atoms with Gasteiger partial charge in [0.15, 0.2) is 0 Å². The van der Waals surface area contributed by atoms with Gasteiger partial charge in [-0.3, -0.25) is 4.79 Å². The van der Waals surface area contributed by atoms with E-state index < -0.39 is 18.1 Å². The van der Waals surface area contributed by atoms with Gasteiger partial charge in [0.25, 0.3) is 0 Å². The van der Waals surface area contributed by atoms with Gasteiger partial charge in [0, 0.05) is 28.4 Å². The summed E-state index contributed by atoms with van der Waals surface area (Å²) in [5, 5.41) is 0.749. The Morgan fingerprint density at radius 1 is 1.41 bits per heavy atom. The minimum atomic E-state index is -4.86. The number of alkyl halides is 3.